The van der Waals surface area contributed by atoms with Crippen LogP contribution in [0.15, 0.2) is 5.16 Å². The molecule has 104 valence electrons. The van der Waals surface area contributed by atoms with Crippen LogP contribution in [0.25, 0.3) is 0 Å². The van der Waals surface area contributed by atoms with Crippen LogP contribution in [0.2, 0.25) is 0 Å². The highest BCUT2D eigenvalue weighted by atomic mass is 16.4. The Morgan fingerprint density at radius 2 is 1.89 bits per heavy atom. The summed E-state index contributed by atoms with van der Waals surface area (Å²) < 4.78 is 0. The van der Waals surface area contributed by atoms with E-state index in [1.54, 1.807) is 4.90 Å². The van der Waals surface area contributed by atoms with E-state index in [0.29, 0.717) is 19.6 Å². The zero-order chi connectivity index (χ0) is 13.8. The number of oxime groups is 1. The van der Waals surface area contributed by atoms with Gasteiger partial charge in [-0.1, -0.05) is 5.16 Å². The zero-order valence-corrected chi connectivity index (χ0v) is 11.3. The molecule has 0 spiro atoms. The maximum absolute atomic E-state index is 11.9. The Hall–Kier alpha value is -1.50. The first-order chi connectivity index (χ1) is 8.31. The van der Waals surface area contributed by atoms with Crippen LogP contribution in [0.1, 0.15) is 20.8 Å². The molecule has 0 bridgehead atoms. The Morgan fingerprint density at radius 3 is 2.33 bits per heavy atom. The number of nitrogens with two attached hydrogens (primary N) is 1. The maximum atomic E-state index is 11.9. The van der Waals surface area contributed by atoms with Crippen LogP contribution in [-0.2, 0) is 0 Å². The molecule has 4 N–H and O–H groups in total. The summed E-state index contributed by atoms with van der Waals surface area (Å²) in [5.74, 6) is 0.197. The molecule has 18 heavy (non-hydrogen) atoms. The third kappa shape index (κ3) is 4.79. The van der Waals surface area contributed by atoms with E-state index in [9.17, 15) is 4.79 Å². The smallest absolute Gasteiger partial charge is 0.317 e. The number of carbonyl (C=O) groups is 1. The van der Waals surface area contributed by atoms with Crippen LogP contribution in [0, 0.1) is 0 Å². The normalized spacial score (nSPS) is 18.8. The summed E-state index contributed by atoms with van der Waals surface area (Å²) in [5, 5.41) is 14.4. The van der Waals surface area contributed by atoms with Crippen LogP contribution in [0.4, 0.5) is 4.79 Å². The zero-order valence-electron chi connectivity index (χ0n) is 11.3. The van der Waals surface area contributed by atoms with Crippen molar-refractivity contribution in [3.8, 4) is 0 Å². The minimum absolute atomic E-state index is 0.0362. The first kappa shape index (κ1) is 14.6. The molecule has 0 aromatic rings. The molecule has 0 aliphatic carbocycles. The van der Waals surface area contributed by atoms with Crippen molar-refractivity contribution in [1.29, 1.82) is 0 Å². The lowest BCUT2D eigenvalue weighted by molar-refractivity contribution is 0.142. The Bertz CT molecular complexity index is 316. The molecule has 0 atom stereocenters. The monoisotopic (exact) mass is 257 g/mol. The number of piperazine rings is 1. The number of hydrogen-bond acceptors (Lipinski definition) is 4. The second-order valence-corrected chi connectivity index (χ2v) is 5.53. The van der Waals surface area contributed by atoms with Crippen LogP contribution in [-0.4, -0.2) is 65.1 Å². The second-order valence-electron chi connectivity index (χ2n) is 5.53. The summed E-state index contributed by atoms with van der Waals surface area (Å²) in [6.07, 6.45) is 0. The Labute approximate surface area is 108 Å². The molecule has 1 saturated heterocycles. The van der Waals surface area contributed by atoms with Crippen molar-refractivity contribution in [2.75, 3.05) is 32.7 Å². The number of urea groups is 1. The molecule has 1 aliphatic rings. The van der Waals surface area contributed by atoms with Gasteiger partial charge in [-0.25, -0.2) is 4.79 Å². The molecule has 1 heterocycles. The molecule has 0 aromatic carbocycles. The lowest BCUT2D eigenvalue weighted by Crippen LogP contribution is -2.55. The van der Waals surface area contributed by atoms with E-state index in [-0.39, 0.29) is 17.4 Å². The molecule has 1 fully saturated rings. The highest BCUT2D eigenvalue weighted by Crippen LogP contribution is 2.05. The van der Waals surface area contributed by atoms with E-state index in [1.165, 1.54) is 0 Å². The van der Waals surface area contributed by atoms with E-state index in [4.69, 9.17) is 10.9 Å². The molecule has 0 radical (unpaired) electrons. The van der Waals surface area contributed by atoms with Gasteiger partial charge in [-0.05, 0) is 20.8 Å². The van der Waals surface area contributed by atoms with E-state index in [0.717, 1.165) is 13.1 Å². The molecule has 2 amide bonds. The van der Waals surface area contributed by atoms with Crippen molar-refractivity contribution in [2.45, 2.75) is 26.3 Å². The number of amidine groups is 1. The van der Waals surface area contributed by atoms with Crippen LogP contribution < -0.4 is 11.1 Å². The fourth-order valence-electron chi connectivity index (χ4n) is 1.77. The van der Waals surface area contributed by atoms with Crippen molar-refractivity contribution in [3.63, 3.8) is 0 Å². The Morgan fingerprint density at radius 1 is 1.33 bits per heavy atom. The molecule has 7 heteroatoms. The summed E-state index contributed by atoms with van der Waals surface area (Å²) in [4.78, 5) is 15.7. The largest absolute Gasteiger partial charge is 0.409 e. The molecule has 1 rings (SSSR count). The van der Waals surface area contributed by atoms with Gasteiger partial charge in [0.15, 0.2) is 5.84 Å². The summed E-state index contributed by atoms with van der Waals surface area (Å²) >= 11 is 0. The van der Waals surface area contributed by atoms with Crippen molar-refractivity contribution in [1.82, 2.24) is 15.1 Å². The topological polar surface area (TPSA) is 94.2 Å². The number of nitrogens with one attached hydrogen (secondary N) is 1. The van der Waals surface area contributed by atoms with Gasteiger partial charge in [-0.15, -0.1) is 0 Å². The molecule has 0 aromatic heterocycles. The summed E-state index contributed by atoms with van der Waals surface area (Å²) in [7, 11) is 0. The van der Waals surface area contributed by atoms with Gasteiger partial charge in [-0.2, -0.15) is 0 Å². The van der Waals surface area contributed by atoms with Gasteiger partial charge < -0.3 is 21.2 Å². The highest BCUT2D eigenvalue weighted by Gasteiger charge is 2.24. The van der Waals surface area contributed by atoms with E-state index >= 15 is 0 Å². The van der Waals surface area contributed by atoms with Crippen LogP contribution in [0.5, 0.6) is 0 Å². The van der Waals surface area contributed by atoms with E-state index in [2.05, 4.69) is 15.4 Å². The van der Waals surface area contributed by atoms with E-state index < -0.39 is 0 Å². The molecule has 7 nitrogen and oxygen atoms in total. The molecule has 0 unspecified atom stereocenters. The summed E-state index contributed by atoms with van der Waals surface area (Å²) in [6.45, 7) is 9.08. The molecular weight excluding hydrogens is 234 g/mol. The number of hydrogen-bond donors (Lipinski definition) is 3. The van der Waals surface area contributed by atoms with Gasteiger partial charge in [0.1, 0.15) is 0 Å². The van der Waals surface area contributed by atoms with E-state index in [1.807, 2.05) is 20.8 Å². The van der Waals surface area contributed by atoms with Crippen LogP contribution in [0.3, 0.4) is 0 Å². The third-order valence-electron chi connectivity index (χ3n) is 2.66. The van der Waals surface area contributed by atoms with Crippen molar-refractivity contribution < 1.29 is 10.0 Å². The fraction of sp³-hybridized carbons (Fsp3) is 0.818. The molecular formula is C11H23N5O2. The maximum Gasteiger partial charge on any atom is 0.317 e. The lowest BCUT2D eigenvalue weighted by atomic mass is 10.1. The predicted octanol–water partition coefficient (Wildman–Crippen LogP) is -0.141. The minimum atomic E-state index is -0.220. The van der Waals surface area contributed by atoms with Crippen molar-refractivity contribution >= 4 is 11.9 Å². The number of amides is 2. The van der Waals surface area contributed by atoms with Gasteiger partial charge in [0.25, 0.3) is 0 Å². The second kappa shape index (κ2) is 5.90. The fourth-order valence-corrected chi connectivity index (χ4v) is 1.77. The van der Waals surface area contributed by atoms with Crippen molar-refractivity contribution in [2.24, 2.45) is 10.9 Å². The van der Waals surface area contributed by atoms with Crippen LogP contribution >= 0.6 is 0 Å². The minimum Gasteiger partial charge on any atom is -0.409 e. The lowest BCUT2D eigenvalue weighted by Gasteiger charge is -2.36. The quantitative estimate of drug-likeness (QED) is 0.278. The average Bonchev–Trinajstić information content (AvgIpc) is 2.27. The number of rotatable bonds is 2. The number of nitrogens with zero attached hydrogens (tertiary/aromatic N) is 3. The van der Waals surface area contributed by atoms with Gasteiger partial charge in [0, 0.05) is 31.7 Å². The van der Waals surface area contributed by atoms with Gasteiger partial charge in [0.2, 0.25) is 0 Å². The standard InChI is InChI=1S/C11H23N5O2/c1-11(2,3)13-10(17)16-6-4-15(5-7-16)8-9(12)14-18/h18H,4-8H2,1-3H3,(H2,12,14)(H,13,17). The Kier molecular flexibility index (Phi) is 4.77. The molecule has 1 aliphatic heterocycles. The number of carbonyl (C=O) groups excluding carboxylic acids is 1. The Balaban J connectivity index is 2.37. The summed E-state index contributed by atoms with van der Waals surface area (Å²) in [5.41, 5.74) is 5.23. The van der Waals surface area contributed by atoms with Gasteiger partial charge in [0.05, 0.1) is 6.54 Å². The third-order valence-corrected chi connectivity index (χ3v) is 2.66. The predicted molar refractivity (Wildman–Crippen MR) is 69.7 cm³/mol. The van der Waals surface area contributed by atoms with Crippen molar-refractivity contribution in [3.05, 3.63) is 0 Å². The first-order valence-corrected chi connectivity index (χ1v) is 6.07. The summed E-state index contributed by atoms with van der Waals surface area (Å²) in [6, 6.07) is -0.0362. The van der Waals surface area contributed by atoms with Gasteiger partial charge >= 0.3 is 6.03 Å². The molecule has 0 saturated carbocycles. The highest BCUT2D eigenvalue weighted by molar-refractivity contribution is 5.81. The average molecular weight is 257 g/mol. The van der Waals surface area contributed by atoms with Gasteiger partial charge in [-0.3, -0.25) is 4.90 Å². The SMILES string of the molecule is CC(C)(C)NC(=O)N1CCN(C/C(N)=N/O)CC1. The first-order valence-electron chi connectivity index (χ1n) is 6.07.